The van der Waals surface area contributed by atoms with E-state index in [1.807, 2.05) is 30.3 Å². The monoisotopic (exact) mass is 497 g/mol. The highest BCUT2D eigenvalue weighted by Gasteiger charge is 2.25. The topological polar surface area (TPSA) is 44.7 Å². The molecule has 0 aromatic heterocycles. The van der Waals surface area contributed by atoms with Gasteiger partial charge in [0, 0.05) is 36.2 Å². The van der Waals surface area contributed by atoms with Gasteiger partial charge in [0.2, 0.25) is 0 Å². The molecule has 1 fully saturated rings. The number of nitrogens with one attached hydrogen (secondary N) is 1. The first-order chi connectivity index (χ1) is 12.8. The predicted octanol–water partition coefficient (Wildman–Crippen LogP) is 3.87. The molecule has 27 heavy (non-hydrogen) atoms. The van der Waals surface area contributed by atoms with Crippen LogP contribution in [0.15, 0.2) is 70.6 Å². The second-order valence-corrected chi connectivity index (χ2v) is 8.01. The van der Waals surface area contributed by atoms with Gasteiger partial charge in [-0.1, -0.05) is 48.5 Å². The molecule has 0 spiro atoms. The molecule has 2 aromatic rings. The van der Waals surface area contributed by atoms with Gasteiger partial charge in [-0.05, 0) is 31.0 Å². The molecular weight excluding hydrogens is 469 g/mol. The Labute approximate surface area is 181 Å². The first-order valence-electron chi connectivity index (χ1n) is 9.29. The number of halogens is 1. The van der Waals surface area contributed by atoms with Gasteiger partial charge in [-0.15, -0.1) is 24.0 Å². The summed E-state index contributed by atoms with van der Waals surface area (Å²) in [5.74, 6) is 2.05. The van der Waals surface area contributed by atoms with E-state index in [0.29, 0.717) is 18.2 Å². The number of hydrogen-bond donors (Lipinski definition) is 1. The minimum absolute atomic E-state index is 0. The largest absolute Gasteiger partial charge is 0.357 e. The Morgan fingerprint density at radius 2 is 1.81 bits per heavy atom. The quantitative estimate of drug-likeness (QED) is 0.375. The molecule has 1 heterocycles. The normalized spacial score (nSPS) is 18.0. The van der Waals surface area contributed by atoms with E-state index >= 15 is 0 Å². The summed E-state index contributed by atoms with van der Waals surface area (Å²) in [6, 6.07) is 20.3. The third-order valence-electron chi connectivity index (χ3n) is 4.64. The van der Waals surface area contributed by atoms with Gasteiger partial charge in [-0.2, -0.15) is 0 Å². The summed E-state index contributed by atoms with van der Waals surface area (Å²) in [6.07, 6.45) is 1.14. The zero-order valence-corrected chi connectivity index (χ0v) is 18.9. The van der Waals surface area contributed by atoms with Crippen LogP contribution in [-0.4, -0.2) is 47.0 Å². The number of nitrogens with zero attached hydrogens (tertiary/aromatic N) is 2. The van der Waals surface area contributed by atoms with Gasteiger partial charge in [0.25, 0.3) is 0 Å². The Hall–Kier alpha value is -1.41. The van der Waals surface area contributed by atoms with Crippen molar-refractivity contribution in [3.63, 3.8) is 0 Å². The van der Waals surface area contributed by atoms with E-state index in [4.69, 9.17) is 4.99 Å². The first kappa shape index (κ1) is 21.9. The van der Waals surface area contributed by atoms with Crippen LogP contribution in [0.5, 0.6) is 0 Å². The van der Waals surface area contributed by atoms with E-state index in [-0.39, 0.29) is 24.0 Å². The van der Waals surface area contributed by atoms with E-state index < -0.39 is 10.8 Å². The number of benzene rings is 2. The molecule has 0 saturated carbocycles. The molecule has 0 aliphatic carbocycles. The van der Waals surface area contributed by atoms with Crippen LogP contribution in [-0.2, 0) is 10.8 Å². The zero-order chi connectivity index (χ0) is 18.2. The lowest BCUT2D eigenvalue weighted by atomic mass is 9.99. The van der Waals surface area contributed by atoms with Gasteiger partial charge >= 0.3 is 0 Å². The van der Waals surface area contributed by atoms with Crippen LogP contribution in [0.25, 0.3) is 0 Å². The van der Waals surface area contributed by atoms with Gasteiger partial charge in [0.05, 0.1) is 17.3 Å². The highest BCUT2D eigenvalue weighted by atomic mass is 127. The highest BCUT2D eigenvalue weighted by molar-refractivity contribution is 14.0. The fourth-order valence-corrected chi connectivity index (χ4v) is 4.25. The van der Waals surface area contributed by atoms with Crippen LogP contribution >= 0.6 is 24.0 Å². The molecule has 4 nitrogen and oxygen atoms in total. The van der Waals surface area contributed by atoms with Gasteiger partial charge in [0.15, 0.2) is 5.96 Å². The number of likely N-dealkylation sites (tertiary alicyclic amines) is 1. The van der Waals surface area contributed by atoms with Crippen LogP contribution in [0.2, 0.25) is 0 Å². The molecule has 6 heteroatoms. The molecule has 2 unspecified atom stereocenters. The predicted molar refractivity (Wildman–Crippen MR) is 124 cm³/mol. The van der Waals surface area contributed by atoms with Crippen molar-refractivity contribution in [2.75, 3.05) is 31.9 Å². The van der Waals surface area contributed by atoms with Crippen LogP contribution in [0.1, 0.15) is 24.8 Å². The molecule has 1 aliphatic heterocycles. The van der Waals surface area contributed by atoms with Crippen molar-refractivity contribution >= 4 is 40.7 Å². The molecule has 1 saturated heterocycles. The minimum atomic E-state index is -0.995. The lowest BCUT2D eigenvalue weighted by Gasteiger charge is -2.21. The fourth-order valence-electron chi connectivity index (χ4n) is 3.30. The summed E-state index contributed by atoms with van der Waals surface area (Å²) < 4.78 is 12.4. The molecule has 0 bridgehead atoms. The van der Waals surface area contributed by atoms with Gasteiger partial charge in [0.1, 0.15) is 0 Å². The first-order valence-corrected chi connectivity index (χ1v) is 10.6. The molecule has 2 aromatic carbocycles. The maximum absolute atomic E-state index is 12.4. The van der Waals surface area contributed by atoms with Crippen LogP contribution in [0.4, 0.5) is 0 Å². The second-order valence-electron chi connectivity index (χ2n) is 6.44. The fraction of sp³-hybridized carbons (Fsp3) is 0.381. The van der Waals surface area contributed by atoms with E-state index in [9.17, 15) is 4.21 Å². The molecule has 3 rings (SSSR count). The molecule has 1 N–H and O–H groups in total. The Bertz CT molecular complexity index is 740. The lowest BCUT2D eigenvalue weighted by molar-refractivity contribution is 0.487. The van der Waals surface area contributed by atoms with Gasteiger partial charge < -0.3 is 10.2 Å². The molecule has 0 amide bonds. The molecular formula is C21H28IN3OS. The van der Waals surface area contributed by atoms with Crippen LogP contribution < -0.4 is 5.32 Å². The summed E-state index contributed by atoms with van der Waals surface area (Å²) in [5.41, 5.74) is 1.40. The average Bonchev–Trinajstić information content (AvgIpc) is 3.19. The Balaban J connectivity index is 0.00000261. The van der Waals surface area contributed by atoms with Crippen LogP contribution in [0, 0.1) is 0 Å². The summed E-state index contributed by atoms with van der Waals surface area (Å²) in [6.45, 7) is 5.48. The number of rotatable bonds is 6. The molecule has 2 atom stereocenters. The molecule has 146 valence electrons. The van der Waals surface area contributed by atoms with Crippen molar-refractivity contribution in [1.82, 2.24) is 10.2 Å². The zero-order valence-electron chi connectivity index (χ0n) is 15.7. The van der Waals surface area contributed by atoms with Crippen molar-refractivity contribution in [1.29, 1.82) is 0 Å². The summed E-state index contributed by atoms with van der Waals surface area (Å²) >= 11 is 0. The van der Waals surface area contributed by atoms with Crippen molar-refractivity contribution in [2.24, 2.45) is 4.99 Å². The standard InChI is InChI=1S/C21H27N3OS.HI/c1-2-22-21(23-14-16-26(25)20-11-7-4-8-12-20)24-15-13-19(17-24)18-9-5-3-6-10-18;/h3-12,19H,2,13-17H2,1H3,(H,22,23);1H. The van der Waals surface area contributed by atoms with E-state index in [1.54, 1.807) is 0 Å². The summed E-state index contributed by atoms with van der Waals surface area (Å²) in [5, 5.41) is 3.39. The van der Waals surface area contributed by atoms with E-state index in [2.05, 4.69) is 47.5 Å². The summed E-state index contributed by atoms with van der Waals surface area (Å²) in [7, 11) is -0.995. The maximum atomic E-state index is 12.4. The molecule has 0 radical (unpaired) electrons. The van der Waals surface area contributed by atoms with E-state index in [1.165, 1.54) is 5.56 Å². The van der Waals surface area contributed by atoms with Gasteiger partial charge in [-0.25, -0.2) is 0 Å². The minimum Gasteiger partial charge on any atom is -0.357 e. The Kier molecular flexibility index (Phi) is 9.27. The SMILES string of the molecule is CCNC(=NCCS(=O)c1ccccc1)N1CCC(c2ccccc2)C1.I. The van der Waals surface area contributed by atoms with Crippen molar-refractivity contribution in [2.45, 2.75) is 24.2 Å². The Morgan fingerprint density at radius 1 is 1.15 bits per heavy atom. The third-order valence-corrected chi connectivity index (χ3v) is 5.99. The van der Waals surface area contributed by atoms with Crippen molar-refractivity contribution < 1.29 is 4.21 Å². The second kappa shape index (κ2) is 11.4. The number of aliphatic imine (C=N–C) groups is 1. The maximum Gasteiger partial charge on any atom is 0.193 e. The third kappa shape index (κ3) is 6.31. The van der Waals surface area contributed by atoms with Crippen molar-refractivity contribution in [3.05, 3.63) is 66.2 Å². The average molecular weight is 497 g/mol. The van der Waals surface area contributed by atoms with Crippen LogP contribution in [0.3, 0.4) is 0 Å². The number of hydrogen-bond acceptors (Lipinski definition) is 2. The van der Waals surface area contributed by atoms with E-state index in [0.717, 1.165) is 36.9 Å². The highest BCUT2D eigenvalue weighted by Crippen LogP contribution is 2.26. The number of guanidine groups is 1. The lowest BCUT2D eigenvalue weighted by Crippen LogP contribution is -2.40. The Morgan fingerprint density at radius 3 is 2.48 bits per heavy atom. The smallest absolute Gasteiger partial charge is 0.193 e. The van der Waals surface area contributed by atoms with Crippen molar-refractivity contribution in [3.8, 4) is 0 Å². The van der Waals surface area contributed by atoms with Gasteiger partial charge in [-0.3, -0.25) is 9.20 Å². The molecule has 1 aliphatic rings. The summed E-state index contributed by atoms with van der Waals surface area (Å²) in [4.78, 5) is 7.93.